The van der Waals surface area contributed by atoms with Crippen LogP contribution in [0.1, 0.15) is 33.4 Å². The first kappa shape index (κ1) is 21.0. The molecular weight excluding hydrogens is 336 g/mol. The quantitative estimate of drug-likeness (QED) is 0.555. The first-order chi connectivity index (χ1) is 12.0. The van der Waals surface area contributed by atoms with Gasteiger partial charge in [-0.05, 0) is 63.8 Å². The van der Waals surface area contributed by atoms with Crippen molar-refractivity contribution in [2.75, 3.05) is 0 Å². The number of carboxylic acid groups (broad SMARTS) is 2. The van der Waals surface area contributed by atoms with Crippen LogP contribution in [0.25, 0.3) is 0 Å². The van der Waals surface area contributed by atoms with Gasteiger partial charge in [0.25, 0.3) is 0 Å². The van der Waals surface area contributed by atoms with Crippen LogP contribution < -0.4 is 9.47 Å². The largest absolute Gasteiger partial charge is 0.511 e. The Morgan fingerprint density at radius 2 is 0.846 bits per heavy atom. The van der Waals surface area contributed by atoms with Gasteiger partial charge in [-0.3, -0.25) is 0 Å². The van der Waals surface area contributed by atoms with Crippen LogP contribution in [0.2, 0.25) is 0 Å². The van der Waals surface area contributed by atoms with Crippen molar-refractivity contribution in [1.29, 1.82) is 0 Å². The highest BCUT2D eigenvalue weighted by Gasteiger charge is 2.09. The van der Waals surface area contributed by atoms with E-state index >= 15 is 0 Å². The average molecular weight is 360 g/mol. The summed E-state index contributed by atoms with van der Waals surface area (Å²) in [4.78, 5) is 20.7. The van der Waals surface area contributed by atoms with Gasteiger partial charge in [-0.15, -0.1) is 0 Å². The van der Waals surface area contributed by atoms with Crippen LogP contribution in [-0.4, -0.2) is 22.5 Å². The Hall–Kier alpha value is -3.02. The third-order valence-corrected chi connectivity index (χ3v) is 3.59. The Bertz CT molecular complexity index is 708. The van der Waals surface area contributed by atoms with Gasteiger partial charge in [-0.25, -0.2) is 9.59 Å². The van der Waals surface area contributed by atoms with Crippen LogP contribution in [0.4, 0.5) is 9.59 Å². The standard InChI is InChI=1S/2C10H12O3/c2*1-6-4-7(2)9(8(3)5-6)13-10(11)12/h2*4-5H,1-3H3,(H,11,12). The molecule has 0 radical (unpaired) electrons. The predicted molar refractivity (Wildman–Crippen MR) is 98.6 cm³/mol. The van der Waals surface area contributed by atoms with Gasteiger partial charge in [0, 0.05) is 0 Å². The fraction of sp³-hybridized carbons (Fsp3) is 0.300. The highest BCUT2D eigenvalue weighted by atomic mass is 16.7. The van der Waals surface area contributed by atoms with E-state index in [1.54, 1.807) is 0 Å². The molecule has 0 saturated heterocycles. The summed E-state index contributed by atoms with van der Waals surface area (Å²) in [6, 6.07) is 7.58. The monoisotopic (exact) mass is 360 g/mol. The van der Waals surface area contributed by atoms with Gasteiger partial charge in [-0.2, -0.15) is 0 Å². The summed E-state index contributed by atoms with van der Waals surface area (Å²) < 4.78 is 9.29. The molecule has 2 aromatic rings. The molecule has 2 rings (SSSR count). The summed E-state index contributed by atoms with van der Waals surface area (Å²) in [5.74, 6) is 0.885. The van der Waals surface area contributed by atoms with Crippen molar-refractivity contribution in [3.05, 3.63) is 57.6 Å². The fourth-order valence-corrected chi connectivity index (χ4v) is 2.83. The third kappa shape index (κ3) is 6.12. The lowest BCUT2D eigenvalue weighted by atomic mass is 10.1. The first-order valence-corrected chi connectivity index (χ1v) is 7.98. The minimum atomic E-state index is -1.27. The van der Waals surface area contributed by atoms with Gasteiger partial charge in [-0.1, -0.05) is 35.4 Å². The molecule has 0 spiro atoms. The summed E-state index contributed by atoms with van der Waals surface area (Å²) in [5.41, 5.74) is 5.60. The normalized spacial score (nSPS) is 9.77. The molecule has 0 amide bonds. The second kappa shape index (κ2) is 8.89. The Kier molecular flexibility index (Phi) is 7.19. The molecule has 0 heterocycles. The molecule has 0 fully saturated rings. The van der Waals surface area contributed by atoms with Crippen molar-refractivity contribution in [3.8, 4) is 11.5 Å². The van der Waals surface area contributed by atoms with Crippen molar-refractivity contribution in [2.45, 2.75) is 41.5 Å². The van der Waals surface area contributed by atoms with Crippen molar-refractivity contribution >= 4 is 12.3 Å². The number of carbonyl (C=O) groups is 2. The zero-order valence-corrected chi connectivity index (χ0v) is 15.8. The van der Waals surface area contributed by atoms with E-state index in [0.717, 1.165) is 33.4 Å². The zero-order chi connectivity index (χ0) is 20.0. The fourth-order valence-electron chi connectivity index (χ4n) is 2.83. The number of ether oxygens (including phenoxy) is 2. The molecule has 2 N–H and O–H groups in total. The third-order valence-electron chi connectivity index (χ3n) is 3.59. The van der Waals surface area contributed by atoms with E-state index in [0.29, 0.717) is 11.5 Å². The van der Waals surface area contributed by atoms with E-state index in [1.807, 2.05) is 65.8 Å². The minimum absolute atomic E-state index is 0.443. The maximum atomic E-state index is 10.3. The second-order valence-electron chi connectivity index (χ2n) is 6.19. The molecule has 0 aromatic heterocycles. The van der Waals surface area contributed by atoms with E-state index in [1.165, 1.54) is 0 Å². The van der Waals surface area contributed by atoms with Crippen molar-refractivity contribution in [2.24, 2.45) is 0 Å². The Morgan fingerprint density at radius 3 is 1.04 bits per heavy atom. The molecule has 140 valence electrons. The van der Waals surface area contributed by atoms with Crippen LogP contribution in [-0.2, 0) is 0 Å². The Balaban J connectivity index is 0.000000260. The van der Waals surface area contributed by atoms with E-state index in [-0.39, 0.29) is 0 Å². The molecule has 0 aliphatic carbocycles. The smallest absolute Gasteiger partial charge is 0.449 e. The molecule has 0 atom stereocenters. The Labute approximate surface area is 153 Å². The van der Waals surface area contributed by atoms with Gasteiger partial charge >= 0.3 is 12.3 Å². The summed E-state index contributed by atoms with van der Waals surface area (Å²) in [6.45, 7) is 11.3. The summed E-state index contributed by atoms with van der Waals surface area (Å²) in [6.07, 6.45) is -2.54. The number of rotatable bonds is 2. The molecule has 0 saturated carbocycles. The van der Waals surface area contributed by atoms with Crippen LogP contribution in [0.5, 0.6) is 11.5 Å². The lowest BCUT2D eigenvalue weighted by Gasteiger charge is -2.08. The highest BCUT2D eigenvalue weighted by Crippen LogP contribution is 2.25. The van der Waals surface area contributed by atoms with Crippen LogP contribution in [0.3, 0.4) is 0 Å². The average Bonchev–Trinajstić information content (AvgIpc) is 2.47. The molecule has 6 nitrogen and oxygen atoms in total. The maximum absolute atomic E-state index is 10.3. The molecule has 26 heavy (non-hydrogen) atoms. The zero-order valence-electron chi connectivity index (χ0n) is 15.8. The molecule has 0 unspecified atom stereocenters. The SMILES string of the molecule is Cc1cc(C)c(OC(=O)O)c(C)c1.Cc1cc(C)c(OC(=O)O)c(C)c1. The summed E-state index contributed by atoms with van der Waals surface area (Å²) in [5, 5.41) is 16.9. The van der Waals surface area contributed by atoms with Gasteiger partial charge in [0.1, 0.15) is 11.5 Å². The number of benzene rings is 2. The topological polar surface area (TPSA) is 93.1 Å². The lowest BCUT2D eigenvalue weighted by Crippen LogP contribution is -2.05. The number of hydrogen-bond acceptors (Lipinski definition) is 4. The van der Waals surface area contributed by atoms with Crippen LogP contribution in [0, 0.1) is 41.5 Å². The first-order valence-electron chi connectivity index (χ1n) is 7.98. The molecule has 0 aliphatic heterocycles. The Morgan fingerprint density at radius 1 is 0.615 bits per heavy atom. The second-order valence-corrected chi connectivity index (χ2v) is 6.19. The van der Waals surface area contributed by atoms with E-state index in [9.17, 15) is 9.59 Å². The minimum Gasteiger partial charge on any atom is -0.449 e. The van der Waals surface area contributed by atoms with Crippen molar-refractivity contribution in [1.82, 2.24) is 0 Å². The summed E-state index contributed by atoms with van der Waals surface area (Å²) in [7, 11) is 0. The van der Waals surface area contributed by atoms with E-state index < -0.39 is 12.3 Å². The summed E-state index contributed by atoms with van der Waals surface area (Å²) >= 11 is 0. The number of hydrogen-bond donors (Lipinski definition) is 2. The van der Waals surface area contributed by atoms with Crippen molar-refractivity contribution < 1.29 is 29.3 Å². The van der Waals surface area contributed by atoms with E-state index in [2.05, 4.69) is 9.47 Å². The van der Waals surface area contributed by atoms with Crippen LogP contribution in [0.15, 0.2) is 24.3 Å². The molecule has 2 aromatic carbocycles. The maximum Gasteiger partial charge on any atom is 0.511 e. The highest BCUT2D eigenvalue weighted by molar-refractivity contribution is 5.64. The van der Waals surface area contributed by atoms with Crippen LogP contribution >= 0.6 is 0 Å². The van der Waals surface area contributed by atoms with Gasteiger partial charge < -0.3 is 19.7 Å². The van der Waals surface area contributed by atoms with Gasteiger partial charge in [0.15, 0.2) is 0 Å². The predicted octanol–water partition coefficient (Wildman–Crippen LogP) is 5.34. The van der Waals surface area contributed by atoms with Gasteiger partial charge in [0.05, 0.1) is 0 Å². The van der Waals surface area contributed by atoms with Gasteiger partial charge in [0.2, 0.25) is 0 Å². The molecule has 6 heteroatoms. The molecular formula is C20H24O6. The number of aryl methyl sites for hydroxylation is 6. The van der Waals surface area contributed by atoms with E-state index in [4.69, 9.17) is 10.2 Å². The molecule has 0 bridgehead atoms. The molecule has 0 aliphatic rings. The lowest BCUT2D eigenvalue weighted by molar-refractivity contribution is 0.142. The van der Waals surface area contributed by atoms with Crippen molar-refractivity contribution in [3.63, 3.8) is 0 Å².